The highest BCUT2D eigenvalue weighted by molar-refractivity contribution is 5.81. The van der Waals surface area contributed by atoms with Crippen LogP contribution in [-0.2, 0) is 9.53 Å². The molecule has 0 radical (unpaired) electrons. The van der Waals surface area contributed by atoms with Crippen LogP contribution >= 0.6 is 0 Å². The molecular weight excluding hydrogens is 214 g/mol. The number of carbonyl (C=O) groups excluding carboxylic acids is 1. The Balaban J connectivity index is 2.10. The number of anilines is 1. The molecule has 1 aromatic rings. The minimum Gasteiger partial charge on any atom is -0.465 e. The van der Waals surface area contributed by atoms with Gasteiger partial charge in [-0.15, -0.1) is 0 Å². The van der Waals surface area contributed by atoms with Crippen LogP contribution in [0.1, 0.15) is 31.7 Å². The predicted octanol–water partition coefficient (Wildman–Crippen LogP) is 2.79. The van der Waals surface area contributed by atoms with Gasteiger partial charge in [0.25, 0.3) is 0 Å². The standard InChI is InChI=1S/C14H19NO2/c1-10(2)9-17-14(16)12-7-8-15-13-6-4-3-5-11(12)13/h3-6,10,12,15H,7-9H2,1-2H3. The Bertz CT molecular complexity index is 401. The molecule has 1 aliphatic rings. The van der Waals surface area contributed by atoms with Gasteiger partial charge in [-0.3, -0.25) is 4.79 Å². The molecule has 2 rings (SSSR count). The van der Waals surface area contributed by atoms with E-state index < -0.39 is 0 Å². The Kier molecular flexibility index (Phi) is 3.67. The first kappa shape index (κ1) is 12.0. The molecule has 0 saturated heterocycles. The van der Waals surface area contributed by atoms with E-state index >= 15 is 0 Å². The molecule has 0 amide bonds. The summed E-state index contributed by atoms with van der Waals surface area (Å²) >= 11 is 0. The van der Waals surface area contributed by atoms with Gasteiger partial charge in [0.1, 0.15) is 0 Å². The molecule has 0 aromatic heterocycles. The Morgan fingerprint density at radius 2 is 2.24 bits per heavy atom. The molecule has 0 fully saturated rings. The maximum atomic E-state index is 12.0. The first-order valence-electron chi connectivity index (χ1n) is 6.18. The quantitative estimate of drug-likeness (QED) is 0.816. The van der Waals surface area contributed by atoms with Crippen molar-refractivity contribution in [1.82, 2.24) is 0 Å². The van der Waals surface area contributed by atoms with E-state index in [2.05, 4.69) is 5.32 Å². The lowest BCUT2D eigenvalue weighted by atomic mass is 9.91. The zero-order chi connectivity index (χ0) is 12.3. The van der Waals surface area contributed by atoms with Crippen LogP contribution in [-0.4, -0.2) is 19.1 Å². The third kappa shape index (κ3) is 2.78. The van der Waals surface area contributed by atoms with Gasteiger partial charge >= 0.3 is 5.97 Å². The van der Waals surface area contributed by atoms with Crippen LogP contribution in [0.15, 0.2) is 24.3 Å². The van der Waals surface area contributed by atoms with Crippen molar-refractivity contribution in [2.24, 2.45) is 5.92 Å². The molecular formula is C14H19NO2. The minimum absolute atomic E-state index is 0.0901. The summed E-state index contributed by atoms with van der Waals surface area (Å²) in [6, 6.07) is 7.96. The summed E-state index contributed by atoms with van der Waals surface area (Å²) in [5, 5.41) is 3.30. The lowest BCUT2D eigenvalue weighted by molar-refractivity contribution is -0.146. The first-order chi connectivity index (χ1) is 8.18. The van der Waals surface area contributed by atoms with Crippen LogP contribution in [0.4, 0.5) is 5.69 Å². The fourth-order valence-corrected chi connectivity index (χ4v) is 2.06. The summed E-state index contributed by atoms with van der Waals surface area (Å²) in [5.74, 6) is 0.190. The maximum absolute atomic E-state index is 12.0. The Hall–Kier alpha value is -1.51. The van der Waals surface area contributed by atoms with Crippen molar-refractivity contribution in [1.29, 1.82) is 0 Å². The van der Waals surface area contributed by atoms with E-state index in [-0.39, 0.29) is 11.9 Å². The van der Waals surface area contributed by atoms with Crippen LogP contribution in [0.25, 0.3) is 0 Å². The number of rotatable bonds is 3. The van der Waals surface area contributed by atoms with Gasteiger partial charge in [0.2, 0.25) is 0 Å². The third-order valence-electron chi connectivity index (χ3n) is 2.93. The normalized spacial score (nSPS) is 18.4. The second-order valence-electron chi connectivity index (χ2n) is 4.88. The lowest BCUT2D eigenvalue weighted by Crippen LogP contribution is -2.25. The molecule has 17 heavy (non-hydrogen) atoms. The second-order valence-corrected chi connectivity index (χ2v) is 4.88. The summed E-state index contributed by atoms with van der Waals surface area (Å²) in [7, 11) is 0. The Labute approximate surface area is 102 Å². The van der Waals surface area contributed by atoms with Crippen LogP contribution in [0.2, 0.25) is 0 Å². The lowest BCUT2D eigenvalue weighted by Gasteiger charge is -2.25. The van der Waals surface area contributed by atoms with Gasteiger partial charge in [-0.05, 0) is 24.0 Å². The number of para-hydroxylation sites is 1. The van der Waals surface area contributed by atoms with Crippen molar-refractivity contribution in [3.05, 3.63) is 29.8 Å². The highest BCUT2D eigenvalue weighted by Crippen LogP contribution is 2.32. The first-order valence-corrected chi connectivity index (χ1v) is 6.18. The Morgan fingerprint density at radius 3 is 3.00 bits per heavy atom. The van der Waals surface area contributed by atoms with Crippen molar-refractivity contribution >= 4 is 11.7 Å². The number of hydrogen-bond acceptors (Lipinski definition) is 3. The number of hydrogen-bond donors (Lipinski definition) is 1. The largest absolute Gasteiger partial charge is 0.465 e. The van der Waals surface area contributed by atoms with Crippen molar-refractivity contribution in [2.75, 3.05) is 18.5 Å². The van der Waals surface area contributed by atoms with Crippen LogP contribution in [0.3, 0.4) is 0 Å². The molecule has 1 aromatic carbocycles. The molecule has 1 N–H and O–H groups in total. The van der Waals surface area contributed by atoms with Crippen molar-refractivity contribution < 1.29 is 9.53 Å². The van der Waals surface area contributed by atoms with Crippen molar-refractivity contribution in [2.45, 2.75) is 26.2 Å². The summed E-state index contributed by atoms with van der Waals surface area (Å²) in [6.45, 7) is 5.43. The fourth-order valence-electron chi connectivity index (χ4n) is 2.06. The van der Waals surface area contributed by atoms with E-state index in [1.807, 2.05) is 38.1 Å². The number of carbonyl (C=O) groups is 1. The molecule has 0 aliphatic carbocycles. The van der Waals surface area contributed by atoms with Gasteiger partial charge < -0.3 is 10.1 Å². The van der Waals surface area contributed by atoms with Gasteiger partial charge in [0.05, 0.1) is 12.5 Å². The van der Waals surface area contributed by atoms with E-state index in [1.54, 1.807) is 0 Å². The third-order valence-corrected chi connectivity index (χ3v) is 2.93. The minimum atomic E-state index is -0.105. The molecule has 3 heteroatoms. The maximum Gasteiger partial charge on any atom is 0.313 e. The second kappa shape index (κ2) is 5.21. The van der Waals surface area contributed by atoms with Gasteiger partial charge in [0.15, 0.2) is 0 Å². The van der Waals surface area contributed by atoms with E-state index in [9.17, 15) is 4.79 Å². The number of ether oxygens (including phenoxy) is 1. The monoisotopic (exact) mass is 233 g/mol. The van der Waals surface area contributed by atoms with Crippen LogP contribution in [0.5, 0.6) is 0 Å². The average molecular weight is 233 g/mol. The van der Waals surface area contributed by atoms with Crippen molar-refractivity contribution in [3.63, 3.8) is 0 Å². The molecule has 1 atom stereocenters. The van der Waals surface area contributed by atoms with Gasteiger partial charge in [0, 0.05) is 12.2 Å². The molecule has 0 bridgehead atoms. The SMILES string of the molecule is CC(C)COC(=O)C1CCNc2ccccc21. The number of fused-ring (bicyclic) bond motifs is 1. The summed E-state index contributed by atoms with van der Waals surface area (Å²) < 4.78 is 5.33. The van der Waals surface area contributed by atoms with E-state index in [0.29, 0.717) is 12.5 Å². The van der Waals surface area contributed by atoms with Gasteiger partial charge in [-0.2, -0.15) is 0 Å². The topological polar surface area (TPSA) is 38.3 Å². The fraction of sp³-hybridized carbons (Fsp3) is 0.500. The van der Waals surface area contributed by atoms with Crippen molar-refractivity contribution in [3.8, 4) is 0 Å². The molecule has 0 saturated carbocycles. The highest BCUT2D eigenvalue weighted by atomic mass is 16.5. The molecule has 1 aliphatic heterocycles. The van der Waals surface area contributed by atoms with E-state index in [1.165, 1.54) is 0 Å². The highest BCUT2D eigenvalue weighted by Gasteiger charge is 2.27. The van der Waals surface area contributed by atoms with E-state index in [0.717, 1.165) is 24.2 Å². The van der Waals surface area contributed by atoms with Gasteiger partial charge in [-0.1, -0.05) is 32.0 Å². The number of esters is 1. The van der Waals surface area contributed by atoms with Crippen LogP contribution < -0.4 is 5.32 Å². The number of nitrogens with one attached hydrogen (secondary N) is 1. The zero-order valence-corrected chi connectivity index (χ0v) is 10.4. The smallest absolute Gasteiger partial charge is 0.313 e. The molecule has 3 nitrogen and oxygen atoms in total. The summed E-state index contributed by atoms with van der Waals surface area (Å²) in [4.78, 5) is 12.0. The molecule has 92 valence electrons. The Morgan fingerprint density at radius 1 is 1.47 bits per heavy atom. The summed E-state index contributed by atoms with van der Waals surface area (Å²) in [5.41, 5.74) is 2.12. The number of benzene rings is 1. The predicted molar refractivity (Wildman–Crippen MR) is 68.1 cm³/mol. The zero-order valence-electron chi connectivity index (χ0n) is 10.4. The molecule has 0 spiro atoms. The van der Waals surface area contributed by atoms with Crippen LogP contribution in [0, 0.1) is 5.92 Å². The van der Waals surface area contributed by atoms with E-state index in [4.69, 9.17) is 4.74 Å². The van der Waals surface area contributed by atoms with Gasteiger partial charge in [-0.25, -0.2) is 0 Å². The molecule has 1 unspecified atom stereocenters. The summed E-state index contributed by atoms with van der Waals surface area (Å²) in [6.07, 6.45) is 0.813. The average Bonchev–Trinajstić information content (AvgIpc) is 2.35. The molecule has 1 heterocycles.